The molecule has 0 aliphatic heterocycles. The Balaban J connectivity index is 2.09. The molecule has 0 aliphatic rings. The van der Waals surface area contributed by atoms with Gasteiger partial charge in [-0.05, 0) is 56.6 Å². The van der Waals surface area contributed by atoms with E-state index in [9.17, 15) is 9.59 Å². The maximum absolute atomic E-state index is 12.3. The van der Waals surface area contributed by atoms with Crippen molar-refractivity contribution in [2.24, 2.45) is 5.73 Å². The van der Waals surface area contributed by atoms with Crippen molar-refractivity contribution < 1.29 is 9.59 Å². The maximum atomic E-state index is 12.3. The largest absolute Gasteiger partial charge is 0.330 e. The summed E-state index contributed by atoms with van der Waals surface area (Å²) in [6.07, 6.45) is 1.03. The molecule has 0 atom stereocenters. The van der Waals surface area contributed by atoms with E-state index < -0.39 is 0 Å². The number of nitrogens with two attached hydrogens (primary N) is 1. The zero-order chi connectivity index (χ0) is 17.5. The van der Waals surface area contributed by atoms with Crippen molar-refractivity contribution in [3.8, 4) is 0 Å². The number of anilines is 2. The van der Waals surface area contributed by atoms with Crippen molar-refractivity contribution >= 4 is 23.2 Å². The standard InChI is InChI=1S/C19H23N3O2/c1-13-5-8-15(9-6-13)19(24)22-17-12-16(10-7-14(17)2)21-18(23)4-3-11-20/h5-10,12H,3-4,11,20H2,1-2H3,(H,21,23)(H,22,24). The topological polar surface area (TPSA) is 84.2 Å². The number of nitrogens with one attached hydrogen (secondary N) is 2. The number of hydrogen-bond acceptors (Lipinski definition) is 3. The number of benzene rings is 2. The van der Waals surface area contributed by atoms with Gasteiger partial charge in [0.25, 0.3) is 5.91 Å². The van der Waals surface area contributed by atoms with Crippen LogP contribution in [0.1, 0.15) is 34.3 Å². The van der Waals surface area contributed by atoms with Crippen LogP contribution in [0.2, 0.25) is 0 Å². The van der Waals surface area contributed by atoms with Crippen LogP contribution in [-0.4, -0.2) is 18.4 Å². The zero-order valence-corrected chi connectivity index (χ0v) is 14.1. The second-order valence-electron chi connectivity index (χ2n) is 5.79. The van der Waals surface area contributed by atoms with Gasteiger partial charge >= 0.3 is 0 Å². The molecule has 4 N–H and O–H groups in total. The first kappa shape index (κ1) is 17.7. The molecular formula is C19H23N3O2. The number of rotatable bonds is 6. The lowest BCUT2D eigenvalue weighted by atomic mass is 10.1. The Morgan fingerprint density at radius 2 is 1.71 bits per heavy atom. The number of aryl methyl sites for hydroxylation is 2. The highest BCUT2D eigenvalue weighted by Gasteiger charge is 2.09. The molecule has 0 spiro atoms. The van der Waals surface area contributed by atoms with Crippen molar-refractivity contribution in [1.82, 2.24) is 0 Å². The van der Waals surface area contributed by atoms with Crippen LogP contribution in [-0.2, 0) is 4.79 Å². The Bertz CT molecular complexity index is 724. The Kier molecular flexibility index (Phi) is 6.09. The van der Waals surface area contributed by atoms with E-state index in [0.29, 0.717) is 36.3 Å². The predicted octanol–water partition coefficient (Wildman–Crippen LogP) is 3.23. The van der Waals surface area contributed by atoms with Gasteiger partial charge in [-0.1, -0.05) is 23.8 Å². The van der Waals surface area contributed by atoms with E-state index in [1.54, 1.807) is 18.2 Å². The molecule has 0 saturated heterocycles. The van der Waals surface area contributed by atoms with Crippen molar-refractivity contribution in [2.75, 3.05) is 17.2 Å². The fraction of sp³-hybridized carbons (Fsp3) is 0.263. The Morgan fingerprint density at radius 1 is 1.00 bits per heavy atom. The number of carbonyl (C=O) groups is 2. The number of amides is 2. The van der Waals surface area contributed by atoms with Gasteiger partial charge < -0.3 is 16.4 Å². The third-order valence-corrected chi connectivity index (χ3v) is 3.69. The van der Waals surface area contributed by atoms with E-state index in [1.165, 1.54) is 0 Å². The van der Waals surface area contributed by atoms with Gasteiger partial charge in [-0.25, -0.2) is 0 Å². The predicted molar refractivity (Wildman–Crippen MR) is 97.2 cm³/mol. The van der Waals surface area contributed by atoms with Crippen LogP contribution < -0.4 is 16.4 Å². The van der Waals surface area contributed by atoms with Gasteiger partial charge in [-0.15, -0.1) is 0 Å². The minimum Gasteiger partial charge on any atom is -0.330 e. The first-order valence-electron chi connectivity index (χ1n) is 7.98. The smallest absolute Gasteiger partial charge is 0.255 e. The normalized spacial score (nSPS) is 10.3. The van der Waals surface area contributed by atoms with E-state index in [0.717, 1.165) is 11.1 Å². The summed E-state index contributed by atoms with van der Waals surface area (Å²) in [7, 11) is 0. The van der Waals surface area contributed by atoms with Crippen molar-refractivity contribution in [1.29, 1.82) is 0 Å². The van der Waals surface area contributed by atoms with E-state index in [-0.39, 0.29) is 11.8 Å². The van der Waals surface area contributed by atoms with Gasteiger partial charge in [-0.2, -0.15) is 0 Å². The Morgan fingerprint density at radius 3 is 2.38 bits per heavy atom. The molecule has 0 radical (unpaired) electrons. The van der Waals surface area contributed by atoms with Gasteiger partial charge in [0.05, 0.1) is 0 Å². The van der Waals surface area contributed by atoms with E-state index in [1.807, 2.05) is 38.1 Å². The highest BCUT2D eigenvalue weighted by Crippen LogP contribution is 2.21. The summed E-state index contributed by atoms with van der Waals surface area (Å²) < 4.78 is 0. The van der Waals surface area contributed by atoms with Crippen LogP contribution in [0.4, 0.5) is 11.4 Å². The van der Waals surface area contributed by atoms with Gasteiger partial charge in [0, 0.05) is 23.4 Å². The molecule has 126 valence electrons. The fourth-order valence-corrected chi connectivity index (χ4v) is 2.22. The van der Waals surface area contributed by atoms with E-state index >= 15 is 0 Å². The fourth-order valence-electron chi connectivity index (χ4n) is 2.22. The monoisotopic (exact) mass is 325 g/mol. The maximum Gasteiger partial charge on any atom is 0.255 e. The summed E-state index contributed by atoms with van der Waals surface area (Å²) >= 11 is 0. The molecule has 0 saturated carbocycles. The summed E-state index contributed by atoms with van der Waals surface area (Å²) in [5, 5.41) is 5.71. The number of carbonyl (C=O) groups excluding carboxylic acids is 2. The minimum absolute atomic E-state index is 0.0832. The molecule has 2 amide bonds. The summed E-state index contributed by atoms with van der Waals surface area (Å²) in [4.78, 5) is 24.1. The molecule has 0 bridgehead atoms. The lowest BCUT2D eigenvalue weighted by Crippen LogP contribution is -2.15. The average Bonchev–Trinajstić information content (AvgIpc) is 2.56. The first-order chi connectivity index (χ1) is 11.5. The quantitative estimate of drug-likeness (QED) is 0.762. The molecule has 0 aliphatic carbocycles. The van der Waals surface area contributed by atoms with Gasteiger partial charge in [0.1, 0.15) is 0 Å². The third-order valence-electron chi connectivity index (χ3n) is 3.69. The molecule has 2 aromatic carbocycles. The van der Waals surface area contributed by atoms with Gasteiger partial charge in [-0.3, -0.25) is 9.59 Å². The lowest BCUT2D eigenvalue weighted by molar-refractivity contribution is -0.116. The first-order valence-corrected chi connectivity index (χ1v) is 7.98. The van der Waals surface area contributed by atoms with Crippen LogP contribution in [0, 0.1) is 13.8 Å². The SMILES string of the molecule is Cc1ccc(C(=O)Nc2cc(NC(=O)CCCN)ccc2C)cc1. The average molecular weight is 325 g/mol. The van der Waals surface area contributed by atoms with Crippen LogP contribution in [0.25, 0.3) is 0 Å². The van der Waals surface area contributed by atoms with Crippen LogP contribution in [0.3, 0.4) is 0 Å². The molecule has 0 fully saturated rings. The molecule has 2 aromatic rings. The summed E-state index contributed by atoms with van der Waals surface area (Å²) in [5.74, 6) is -0.259. The number of hydrogen-bond donors (Lipinski definition) is 3. The lowest BCUT2D eigenvalue weighted by Gasteiger charge is -2.12. The molecule has 0 heterocycles. The van der Waals surface area contributed by atoms with Crippen LogP contribution >= 0.6 is 0 Å². The molecule has 2 rings (SSSR count). The zero-order valence-electron chi connectivity index (χ0n) is 14.1. The highest BCUT2D eigenvalue weighted by atomic mass is 16.2. The Hall–Kier alpha value is -2.66. The van der Waals surface area contributed by atoms with Crippen LogP contribution in [0.15, 0.2) is 42.5 Å². The second kappa shape index (κ2) is 8.26. The van der Waals surface area contributed by atoms with Crippen LogP contribution in [0.5, 0.6) is 0 Å². The van der Waals surface area contributed by atoms with Crippen molar-refractivity contribution in [2.45, 2.75) is 26.7 Å². The molecule has 0 unspecified atom stereocenters. The van der Waals surface area contributed by atoms with Crippen molar-refractivity contribution in [3.05, 3.63) is 59.2 Å². The van der Waals surface area contributed by atoms with Gasteiger partial charge in [0.2, 0.25) is 5.91 Å². The minimum atomic E-state index is -0.176. The molecule has 24 heavy (non-hydrogen) atoms. The van der Waals surface area contributed by atoms with E-state index in [2.05, 4.69) is 10.6 Å². The second-order valence-corrected chi connectivity index (χ2v) is 5.79. The third kappa shape index (κ3) is 4.93. The highest BCUT2D eigenvalue weighted by molar-refractivity contribution is 6.05. The molecular weight excluding hydrogens is 302 g/mol. The molecule has 0 aromatic heterocycles. The summed E-state index contributed by atoms with van der Waals surface area (Å²) in [6.45, 7) is 4.37. The van der Waals surface area contributed by atoms with Crippen molar-refractivity contribution in [3.63, 3.8) is 0 Å². The molecule has 5 heteroatoms. The Labute approximate surface area is 142 Å². The summed E-state index contributed by atoms with van der Waals surface area (Å²) in [5.41, 5.74) is 9.36. The summed E-state index contributed by atoms with van der Waals surface area (Å²) in [6, 6.07) is 12.8. The van der Waals surface area contributed by atoms with Gasteiger partial charge in [0.15, 0.2) is 0 Å². The molecule has 5 nitrogen and oxygen atoms in total. The van der Waals surface area contributed by atoms with E-state index in [4.69, 9.17) is 5.73 Å².